The first-order valence-electron chi connectivity index (χ1n) is 4.57. The summed E-state index contributed by atoms with van der Waals surface area (Å²) in [6, 6.07) is 11.5. The molecule has 0 fully saturated rings. The van der Waals surface area contributed by atoms with Crippen LogP contribution in [0.5, 0.6) is 5.75 Å². The van der Waals surface area contributed by atoms with Crippen LogP contribution >= 0.6 is 0 Å². The van der Waals surface area contributed by atoms with E-state index in [1.165, 1.54) is 0 Å². The minimum atomic E-state index is 0.653. The van der Waals surface area contributed by atoms with E-state index < -0.39 is 0 Å². The number of ether oxygens (including phenoxy) is 1. The highest BCUT2D eigenvalue weighted by molar-refractivity contribution is 5.67. The fourth-order valence-electron chi connectivity index (χ4n) is 1.46. The number of methoxy groups -OCH3 is 1. The lowest BCUT2D eigenvalue weighted by Gasteiger charge is -2.02. The molecule has 0 saturated carbocycles. The van der Waals surface area contributed by atoms with E-state index in [-0.39, 0.29) is 0 Å². The number of hydrogen-bond donors (Lipinski definition) is 1. The van der Waals surface area contributed by atoms with Gasteiger partial charge in [-0.15, -0.1) is 0 Å². The van der Waals surface area contributed by atoms with Crippen molar-refractivity contribution in [3.05, 3.63) is 42.1 Å². The Balaban J connectivity index is 2.42. The molecule has 0 unspecified atom stereocenters. The van der Waals surface area contributed by atoms with Gasteiger partial charge in [0.15, 0.2) is 0 Å². The predicted octanol–water partition coefficient (Wildman–Crippen LogP) is 2.56. The normalized spacial score (nSPS) is 9.60. The first kappa shape index (κ1) is 9.35. The molecule has 0 radical (unpaired) electrons. The lowest BCUT2D eigenvalue weighted by atomic mass is 10.1. The Morgan fingerprint density at radius 1 is 1.20 bits per heavy atom. The van der Waals surface area contributed by atoms with Crippen molar-refractivity contribution in [2.75, 3.05) is 7.11 Å². The third kappa shape index (κ3) is 1.70. The molecule has 1 heterocycles. The number of nitriles is 1. The van der Waals surface area contributed by atoms with Crippen LogP contribution in [-0.4, -0.2) is 12.1 Å². The molecule has 3 heteroatoms. The summed E-state index contributed by atoms with van der Waals surface area (Å²) in [5, 5.41) is 8.87. The molecule has 0 aliphatic rings. The number of H-pyrrole nitrogens is 1. The van der Waals surface area contributed by atoms with E-state index in [4.69, 9.17) is 10.00 Å². The average molecular weight is 198 g/mol. The van der Waals surface area contributed by atoms with Crippen LogP contribution < -0.4 is 4.74 Å². The number of nitrogens with zero attached hydrogens (tertiary/aromatic N) is 1. The fourth-order valence-corrected chi connectivity index (χ4v) is 1.46. The summed E-state index contributed by atoms with van der Waals surface area (Å²) in [7, 11) is 1.63. The van der Waals surface area contributed by atoms with Gasteiger partial charge in [0.05, 0.1) is 18.4 Å². The van der Waals surface area contributed by atoms with Gasteiger partial charge in [-0.3, -0.25) is 0 Å². The average Bonchev–Trinajstić information content (AvgIpc) is 2.77. The molecule has 1 N–H and O–H groups in total. The first-order valence-corrected chi connectivity index (χ1v) is 4.57. The Hall–Kier alpha value is -2.21. The van der Waals surface area contributed by atoms with Crippen LogP contribution in [0.15, 0.2) is 36.5 Å². The maximum Gasteiger partial charge on any atom is 0.118 e. The third-order valence-electron chi connectivity index (χ3n) is 2.25. The summed E-state index contributed by atoms with van der Waals surface area (Å²) in [6.45, 7) is 0. The molecule has 0 bridgehead atoms. The van der Waals surface area contributed by atoms with E-state index >= 15 is 0 Å². The molecule has 0 spiro atoms. The third-order valence-corrected chi connectivity index (χ3v) is 2.25. The van der Waals surface area contributed by atoms with Crippen molar-refractivity contribution < 1.29 is 4.74 Å². The molecular weight excluding hydrogens is 188 g/mol. The number of nitrogens with one attached hydrogen (secondary N) is 1. The summed E-state index contributed by atoms with van der Waals surface area (Å²) in [4.78, 5) is 3.05. The van der Waals surface area contributed by atoms with Gasteiger partial charge in [-0.1, -0.05) is 0 Å². The topological polar surface area (TPSA) is 48.8 Å². The maximum atomic E-state index is 8.87. The lowest BCUT2D eigenvalue weighted by Crippen LogP contribution is -1.84. The number of aromatic amines is 1. The Morgan fingerprint density at radius 3 is 2.53 bits per heavy atom. The predicted molar refractivity (Wildman–Crippen MR) is 57.5 cm³/mol. The van der Waals surface area contributed by atoms with E-state index in [0.717, 1.165) is 17.0 Å². The molecule has 3 nitrogen and oxygen atoms in total. The highest BCUT2D eigenvalue weighted by atomic mass is 16.5. The monoisotopic (exact) mass is 198 g/mol. The van der Waals surface area contributed by atoms with Gasteiger partial charge in [0.25, 0.3) is 0 Å². The zero-order chi connectivity index (χ0) is 10.7. The summed E-state index contributed by atoms with van der Waals surface area (Å²) in [6.07, 6.45) is 1.76. The van der Waals surface area contributed by atoms with Gasteiger partial charge >= 0.3 is 0 Å². The molecular formula is C12H10N2O. The Labute approximate surface area is 87.9 Å². The van der Waals surface area contributed by atoms with Crippen molar-refractivity contribution in [3.63, 3.8) is 0 Å². The molecule has 1 aromatic carbocycles. The molecule has 0 aliphatic heterocycles. The standard InChI is InChI=1S/C12H10N2O/c1-15-11-4-2-9(3-5-11)12-10(8-13)6-7-14-12/h2-7,14H,1H3. The van der Waals surface area contributed by atoms with Crippen molar-refractivity contribution in [2.45, 2.75) is 0 Å². The minimum absolute atomic E-state index is 0.653. The van der Waals surface area contributed by atoms with Crippen LogP contribution in [-0.2, 0) is 0 Å². The van der Waals surface area contributed by atoms with Crippen LogP contribution in [0, 0.1) is 11.3 Å². The van der Waals surface area contributed by atoms with E-state index in [0.29, 0.717) is 5.56 Å². The summed E-state index contributed by atoms with van der Waals surface area (Å²) >= 11 is 0. The lowest BCUT2D eigenvalue weighted by molar-refractivity contribution is 0.415. The Kier molecular flexibility index (Phi) is 2.42. The molecule has 1 aromatic heterocycles. The zero-order valence-electron chi connectivity index (χ0n) is 8.32. The molecule has 0 atom stereocenters. The van der Waals surface area contributed by atoms with E-state index in [2.05, 4.69) is 11.1 Å². The van der Waals surface area contributed by atoms with E-state index in [1.807, 2.05) is 24.3 Å². The molecule has 15 heavy (non-hydrogen) atoms. The number of hydrogen-bond acceptors (Lipinski definition) is 2. The second-order valence-electron chi connectivity index (χ2n) is 3.11. The van der Waals surface area contributed by atoms with Crippen molar-refractivity contribution in [1.29, 1.82) is 5.26 Å². The van der Waals surface area contributed by atoms with Crippen molar-refractivity contribution in [2.24, 2.45) is 0 Å². The van der Waals surface area contributed by atoms with E-state index in [9.17, 15) is 0 Å². The van der Waals surface area contributed by atoms with Gasteiger partial charge in [0, 0.05) is 6.20 Å². The van der Waals surface area contributed by atoms with Crippen LogP contribution in [0.2, 0.25) is 0 Å². The highest BCUT2D eigenvalue weighted by Gasteiger charge is 2.05. The first-order chi connectivity index (χ1) is 7.35. The smallest absolute Gasteiger partial charge is 0.118 e. The van der Waals surface area contributed by atoms with Crippen LogP contribution in [0.25, 0.3) is 11.3 Å². The second kappa shape index (κ2) is 3.89. The molecule has 2 rings (SSSR count). The van der Waals surface area contributed by atoms with Crippen molar-refractivity contribution in [3.8, 4) is 23.1 Å². The fraction of sp³-hybridized carbons (Fsp3) is 0.0833. The van der Waals surface area contributed by atoms with Gasteiger partial charge in [-0.2, -0.15) is 5.26 Å². The molecule has 74 valence electrons. The van der Waals surface area contributed by atoms with E-state index in [1.54, 1.807) is 19.4 Å². The molecule has 2 aromatic rings. The van der Waals surface area contributed by atoms with Crippen LogP contribution in [0.1, 0.15) is 5.56 Å². The maximum absolute atomic E-state index is 8.87. The summed E-state index contributed by atoms with van der Waals surface area (Å²) < 4.78 is 5.07. The minimum Gasteiger partial charge on any atom is -0.497 e. The summed E-state index contributed by atoms with van der Waals surface area (Å²) in [5.74, 6) is 0.809. The van der Waals surface area contributed by atoms with Gasteiger partial charge in [0.2, 0.25) is 0 Å². The number of benzene rings is 1. The SMILES string of the molecule is COc1ccc(-c2[nH]ccc2C#N)cc1. The second-order valence-corrected chi connectivity index (χ2v) is 3.11. The quantitative estimate of drug-likeness (QED) is 0.806. The van der Waals surface area contributed by atoms with Crippen molar-refractivity contribution in [1.82, 2.24) is 4.98 Å². The number of rotatable bonds is 2. The highest BCUT2D eigenvalue weighted by Crippen LogP contribution is 2.23. The molecule has 0 aliphatic carbocycles. The Bertz CT molecular complexity index is 491. The van der Waals surface area contributed by atoms with Crippen LogP contribution in [0.3, 0.4) is 0 Å². The van der Waals surface area contributed by atoms with Gasteiger partial charge < -0.3 is 9.72 Å². The molecule has 0 amide bonds. The van der Waals surface area contributed by atoms with Gasteiger partial charge in [-0.05, 0) is 35.9 Å². The Morgan fingerprint density at radius 2 is 1.93 bits per heavy atom. The molecule has 0 saturated heterocycles. The van der Waals surface area contributed by atoms with Gasteiger partial charge in [0.1, 0.15) is 11.8 Å². The number of aromatic nitrogens is 1. The largest absolute Gasteiger partial charge is 0.497 e. The van der Waals surface area contributed by atoms with Crippen LogP contribution in [0.4, 0.5) is 0 Å². The summed E-state index contributed by atoms with van der Waals surface area (Å²) in [5.41, 5.74) is 2.48. The van der Waals surface area contributed by atoms with Gasteiger partial charge in [-0.25, -0.2) is 0 Å². The van der Waals surface area contributed by atoms with Crippen molar-refractivity contribution >= 4 is 0 Å². The zero-order valence-corrected chi connectivity index (χ0v) is 8.32.